The van der Waals surface area contributed by atoms with Gasteiger partial charge in [-0.3, -0.25) is 4.90 Å². The lowest BCUT2D eigenvalue weighted by Gasteiger charge is -2.38. The van der Waals surface area contributed by atoms with Crippen LogP contribution in [0.25, 0.3) is 0 Å². The Labute approximate surface area is 114 Å². The molecular formula is C15H24N2S. The Morgan fingerprint density at radius 1 is 1.50 bits per heavy atom. The predicted molar refractivity (Wildman–Crippen MR) is 77.9 cm³/mol. The minimum absolute atomic E-state index is 0.279. The largest absolute Gasteiger partial charge is 0.326 e. The van der Waals surface area contributed by atoms with Crippen LogP contribution < -0.4 is 5.73 Å². The van der Waals surface area contributed by atoms with Crippen molar-refractivity contribution in [1.29, 1.82) is 0 Å². The molecule has 1 saturated heterocycles. The van der Waals surface area contributed by atoms with E-state index in [-0.39, 0.29) is 6.04 Å². The van der Waals surface area contributed by atoms with Crippen LogP contribution in [0.15, 0.2) is 11.4 Å². The summed E-state index contributed by atoms with van der Waals surface area (Å²) in [5.41, 5.74) is 7.88. The molecule has 0 spiro atoms. The molecule has 2 heterocycles. The summed E-state index contributed by atoms with van der Waals surface area (Å²) < 4.78 is 0. The Morgan fingerprint density at radius 3 is 2.83 bits per heavy atom. The molecule has 1 saturated carbocycles. The number of thiophene rings is 1. The van der Waals surface area contributed by atoms with Crippen molar-refractivity contribution in [1.82, 2.24) is 4.90 Å². The van der Waals surface area contributed by atoms with Gasteiger partial charge in [0.15, 0.2) is 0 Å². The number of hydrogen-bond acceptors (Lipinski definition) is 3. The maximum atomic E-state index is 6.45. The summed E-state index contributed by atoms with van der Waals surface area (Å²) in [7, 11) is 0. The lowest BCUT2D eigenvalue weighted by molar-refractivity contribution is 0.129. The molecule has 1 aromatic rings. The van der Waals surface area contributed by atoms with Crippen molar-refractivity contribution >= 4 is 11.3 Å². The van der Waals surface area contributed by atoms with E-state index in [9.17, 15) is 0 Å². The summed E-state index contributed by atoms with van der Waals surface area (Å²) in [6.07, 6.45) is 5.31. The molecule has 2 N–H and O–H groups in total. The lowest BCUT2D eigenvalue weighted by Crippen LogP contribution is -2.44. The molecule has 4 unspecified atom stereocenters. The molecule has 0 radical (unpaired) electrons. The van der Waals surface area contributed by atoms with Crippen LogP contribution in [0, 0.1) is 12.8 Å². The molecule has 3 heteroatoms. The molecule has 2 aliphatic rings. The van der Waals surface area contributed by atoms with E-state index in [1.807, 2.05) is 11.3 Å². The zero-order chi connectivity index (χ0) is 12.7. The molecule has 0 amide bonds. The third-order valence-corrected chi connectivity index (χ3v) is 5.95. The van der Waals surface area contributed by atoms with Crippen LogP contribution in [-0.4, -0.2) is 23.5 Å². The molecule has 3 rings (SSSR count). The van der Waals surface area contributed by atoms with Gasteiger partial charge in [-0.15, -0.1) is 11.3 Å². The van der Waals surface area contributed by atoms with Gasteiger partial charge in [0, 0.05) is 23.5 Å². The van der Waals surface area contributed by atoms with Crippen molar-refractivity contribution in [2.45, 2.75) is 57.7 Å². The first kappa shape index (κ1) is 12.6. The number of nitrogens with two attached hydrogens (primary N) is 1. The van der Waals surface area contributed by atoms with Crippen molar-refractivity contribution in [2.24, 2.45) is 11.7 Å². The SMILES string of the molecule is CCC(N)C(c1sccc1C)N1CC2CCC1C2. The van der Waals surface area contributed by atoms with Crippen LogP contribution in [0.5, 0.6) is 0 Å². The first-order valence-corrected chi connectivity index (χ1v) is 8.14. The predicted octanol–water partition coefficient (Wildman–Crippen LogP) is 3.32. The van der Waals surface area contributed by atoms with Crippen LogP contribution in [0.4, 0.5) is 0 Å². The Hall–Kier alpha value is -0.380. The number of aryl methyl sites for hydroxylation is 1. The van der Waals surface area contributed by atoms with E-state index in [0.29, 0.717) is 6.04 Å². The van der Waals surface area contributed by atoms with E-state index in [1.165, 1.54) is 36.2 Å². The molecule has 2 bridgehead atoms. The van der Waals surface area contributed by atoms with E-state index in [2.05, 4.69) is 30.2 Å². The Bertz CT molecular complexity index is 414. The quantitative estimate of drug-likeness (QED) is 0.904. The zero-order valence-corrected chi connectivity index (χ0v) is 12.2. The van der Waals surface area contributed by atoms with Gasteiger partial charge in [0.1, 0.15) is 0 Å². The first-order chi connectivity index (χ1) is 8.70. The van der Waals surface area contributed by atoms with Gasteiger partial charge in [-0.05, 0) is 55.5 Å². The van der Waals surface area contributed by atoms with E-state index in [4.69, 9.17) is 5.73 Å². The molecule has 4 atom stereocenters. The Kier molecular flexibility index (Phi) is 3.48. The fourth-order valence-electron chi connectivity index (χ4n) is 3.81. The second-order valence-corrected chi connectivity index (χ2v) is 6.96. The topological polar surface area (TPSA) is 29.3 Å². The fourth-order valence-corrected chi connectivity index (χ4v) is 4.93. The maximum Gasteiger partial charge on any atom is 0.0598 e. The average molecular weight is 264 g/mol. The van der Waals surface area contributed by atoms with Gasteiger partial charge in [0.2, 0.25) is 0 Å². The lowest BCUT2D eigenvalue weighted by atomic mass is 9.98. The summed E-state index contributed by atoms with van der Waals surface area (Å²) >= 11 is 1.89. The van der Waals surface area contributed by atoms with Crippen LogP contribution in [0.2, 0.25) is 0 Å². The van der Waals surface area contributed by atoms with Crippen LogP contribution in [-0.2, 0) is 0 Å². The van der Waals surface area contributed by atoms with E-state index in [0.717, 1.165) is 18.4 Å². The molecule has 18 heavy (non-hydrogen) atoms. The van der Waals surface area contributed by atoms with E-state index < -0.39 is 0 Å². The standard InChI is InChI=1S/C15H24N2S/c1-3-13(16)14(15-10(2)6-7-18-15)17-9-11-4-5-12(17)8-11/h6-7,11-14H,3-5,8-9,16H2,1-2H3. The smallest absolute Gasteiger partial charge is 0.0598 e. The van der Waals surface area contributed by atoms with Crippen LogP contribution in [0.1, 0.15) is 49.1 Å². The van der Waals surface area contributed by atoms with Gasteiger partial charge in [-0.25, -0.2) is 0 Å². The Morgan fingerprint density at radius 2 is 2.33 bits per heavy atom. The molecular weight excluding hydrogens is 240 g/mol. The molecule has 2 nitrogen and oxygen atoms in total. The third-order valence-electron chi connectivity index (χ3n) is 4.86. The van der Waals surface area contributed by atoms with E-state index in [1.54, 1.807) is 0 Å². The van der Waals surface area contributed by atoms with Gasteiger partial charge >= 0.3 is 0 Å². The fraction of sp³-hybridized carbons (Fsp3) is 0.733. The highest BCUT2D eigenvalue weighted by Gasteiger charge is 2.43. The highest BCUT2D eigenvalue weighted by Crippen LogP contribution is 2.44. The number of likely N-dealkylation sites (tertiary alicyclic amines) is 1. The van der Waals surface area contributed by atoms with Crippen LogP contribution >= 0.6 is 11.3 Å². The van der Waals surface area contributed by atoms with Gasteiger partial charge in [-0.1, -0.05) is 6.92 Å². The molecule has 100 valence electrons. The minimum atomic E-state index is 0.279. The van der Waals surface area contributed by atoms with Gasteiger partial charge in [-0.2, -0.15) is 0 Å². The van der Waals surface area contributed by atoms with Crippen molar-refractivity contribution in [2.75, 3.05) is 6.54 Å². The van der Waals surface area contributed by atoms with Gasteiger partial charge in [0.05, 0.1) is 6.04 Å². The minimum Gasteiger partial charge on any atom is -0.326 e. The maximum absolute atomic E-state index is 6.45. The summed E-state index contributed by atoms with van der Waals surface area (Å²) in [5.74, 6) is 0.946. The Balaban J connectivity index is 1.89. The molecule has 1 aliphatic heterocycles. The molecule has 1 aromatic heterocycles. The second-order valence-electron chi connectivity index (χ2n) is 6.01. The highest BCUT2D eigenvalue weighted by molar-refractivity contribution is 7.10. The highest BCUT2D eigenvalue weighted by atomic mass is 32.1. The summed E-state index contributed by atoms with van der Waals surface area (Å²) in [6.45, 7) is 5.73. The number of fused-ring (bicyclic) bond motifs is 2. The third kappa shape index (κ3) is 2.02. The molecule has 0 aromatic carbocycles. The normalized spacial score (nSPS) is 30.8. The molecule has 1 aliphatic carbocycles. The van der Waals surface area contributed by atoms with Crippen molar-refractivity contribution < 1.29 is 0 Å². The van der Waals surface area contributed by atoms with Crippen molar-refractivity contribution in [3.05, 3.63) is 21.9 Å². The second kappa shape index (κ2) is 4.95. The summed E-state index contributed by atoms with van der Waals surface area (Å²) in [6, 6.07) is 3.79. The average Bonchev–Trinajstić information content (AvgIpc) is 3.07. The number of rotatable bonds is 4. The van der Waals surface area contributed by atoms with Gasteiger partial charge < -0.3 is 5.73 Å². The van der Waals surface area contributed by atoms with Crippen LogP contribution in [0.3, 0.4) is 0 Å². The number of piperidine rings is 1. The van der Waals surface area contributed by atoms with Gasteiger partial charge in [0.25, 0.3) is 0 Å². The van der Waals surface area contributed by atoms with Crippen molar-refractivity contribution in [3.63, 3.8) is 0 Å². The van der Waals surface area contributed by atoms with Crippen molar-refractivity contribution in [3.8, 4) is 0 Å². The monoisotopic (exact) mass is 264 g/mol. The first-order valence-electron chi connectivity index (χ1n) is 7.26. The summed E-state index contributed by atoms with van der Waals surface area (Å²) in [4.78, 5) is 4.23. The summed E-state index contributed by atoms with van der Waals surface area (Å²) in [5, 5.41) is 2.22. The molecule has 2 fully saturated rings. The van der Waals surface area contributed by atoms with E-state index >= 15 is 0 Å². The zero-order valence-electron chi connectivity index (χ0n) is 11.4. The number of hydrogen-bond donors (Lipinski definition) is 1. The number of nitrogens with zero attached hydrogens (tertiary/aromatic N) is 1.